The van der Waals surface area contributed by atoms with E-state index in [1.807, 2.05) is 42.5 Å². The molecule has 0 bridgehead atoms. The molecule has 0 radical (unpaired) electrons. The van der Waals surface area contributed by atoms with E-state index in [9.17, 15) is 4.79 Å². The van der Waals surface area contributed by atoms with Gasteiger partial charge in [-0.2, -0.15) is 0 Å². The fourth-order valence-corrected chi connectivity index (χ4v) is 2.42. The number of carbonyl (C=O) groups is 1. The van der Waals surface area contributed by atoms with Crippen molar-refractivity contribution in [3.63, 3.8) is 0 Å². The first-order chi connectivity index (χ1) is 9.86. The summed E-state index contributed by atoms with van der Waals surface area (Å²) in [6, 6.07) is 15.2. The molecule has 1 aromatic carbocycles. The molecule has 1 aromatic heterocycles. The quantitative estimate of drug-likeness (QED) is 0.859. The molecule has 20 heavy (non-hydrogen) atoms. The van der Waals surface area contributed by atoms with Gasteiger partial charge in [0.15, 0.2) is 0 Å². The van der Waals surface area contributed by atoms with Gasteiger partial charge in [0.25, 0.3) is 5.91 Å². The number of pyridine rings is 1. The Morgan fingerprint density at radius 3 is 2.60 bits per heavy atom. The van der Waals surface area contributed by atoms with Gasteiger partial charge in [0, 0.05) is 18.5 Å². The SMILES string of the molecule is O=C(c1ccccn1)N(c1ccccc1)C1CCOC1. The van der Waals surface area contributed by atoms with E-state index < -0.39 is 0 Å². The summed E-state index contributed by atoms with van der Waals surface area (Å²) in [5, 5.41) is 0. The molecule has 1 fully saturated rings. The molecular formula is C16H16N2O2. The number of aromatic nitrogens is 1. The molecule has 0 N–H and O–H groups in total. The summed E-state index contributed by atoms with van der Waals surface area (Å²) in [4.78, 5) is 18.7. The van der Waals surface area contributed by atoms with Gasteiger partial charge in [-0.25, -0.2) is 0 Å². The van der Waals surface area contributed by atoms with Crippen LogP contribution in [-0.4, -0.2) is 30.1 Å². The first-order valence-electron chi connectivity index (χ1n) is 6.73. The minimum absolute atomic E-state index is 0.0758. The van der Waals surface area contributed by atoms with Crippen LogP contribution in [0.3, 0.4) is 0 Å². The maximum absolute atomic E-state index is 12.7. The van der Waals surface area contributed by atoms with Crippen molar-refractivity contribution in [3.05, 3.63) is 60.4 Å². The number of benzene rings is 1. The van der Waals surface area contributed by atoms with E-state index in [0.717, 1.165) is 12.1 Å². The third kappa shape index (κ3) is 2.56. The van der Waals surface area contributed by atoms with E-state index in [0.29, 0.717) is 18.9 Å². The van der Waals surface area contributed by atoms with Crippen LogP contribution in [0.1, 0.15) is 16.9 Å². The molecule has 1 unspecified atom stereocenters. The van der Waals surface area contributed by atoms with Crippen molar-refractivity contribution in [2.75, 3.05) is 18.1 Å². The Bertz CT molecular complexity index is 566. The van der Waals surface area contributed by atoms with E-state index >= 15 is 0 Å². The number of para-hydroxylation sites is 1. The van der Waals surface area contributed by atoms with Gasteiger partial charge in [-0.15, -0.1) is 0 Å². The van der Waals surface area contributed by atoms with Crippen LogP contribution in [-0.2, 0) is 4.74 Å². The third-order valence-electron chi connectivity index (χ3n) is 3.41. The van der Waals surface area contributed by atoms with Crippen LogP contribution in [0.4, 0.5) is 5.69 Å². The van der Waals surface area contributed by atoms with Gasteiger partial charge < -0.3 is 9.64 Å². The number of nitrogens with zero attached hydrogens (tertiary/aromatic N) is 2. The zero-order valence-corrected chi connectivity index (χ0v) is 11.1. The second-order valence-corrected chi connectivity index (χ2v) is 4.74. The van der Waals surface area contributed by atoms with Crippen LogP contribution >= 0.6 is 0 Å². The van der Waals surface area contributed by atoms with E-state index in [2.05, 4.69) is 4.98 Å². The van der Waals surface area contributed by atoms with Crippen molar-refractivity contribution in [2.24, 2.45) is 0 Å². The van der Waals surface area contributed by atoms with E-state index in [1.54, 1.807) is 17.2 Å². The van der Waals surface area contributed by atoms with Crippen LogP contribution < -0.4 is 4.90 Å². The smallest absolute Gasteiger partial charge is 0.277 e. The minimum Gasteiger partial charge on any atom is -0.379 e. The third-order valence-corrected chi connectivity index (χ3v) is 3.41. The summed E-state index contributed by atoms with van der Waals surface area (Å²) >= 11 is 0. The summed E-state index contributed by atoms with van der Waals surface area (Å²) in [7, 11) is 0. The lowest BCUT2D eigenvalue weighted by molar-refractivity contribution is 0.0967. The van der Waals surface area contributed by atoms with Gasteiger partial charge in [-0.1, -0.05) is 24.3 Å². The van der Waals surface area contributed by atoms with Crippen LogP contribution in [0.25, 0.3) is 0 Å². The van der Waals surface area contributed by atoms with E-state index in [4.69, 9.17) is 4.74 Å². The molecule has 0 spiro atoms. The highest BCUT2D eigenvalue weighted by Gasteiger charge is 2.29. The van der Waals surface area contributed by atoms with Crippen molar-refractivity contribution in [1.29, 1.82) is 0 Å². The van der Waals surface area contributed by atoms with Crippen LogP contribution in [0.5, 0.6) is 0 Å². The number of carbonyl (C=O) groups excluding carboxylic acids is 1. The summed E-state index contributed by atoms with van der Waals surface area (Å²) in [6.45, 7) is 1.27. The van der Waals surface area contributed by atoms with E-state index in [-0.39, 0.29) is 11.9 Å². The molecule has 102 valence electrons. The van der Waals surface area contributed by atoms with Crippen molar-refractivity contribution >= 4 is 11.6 Å². The standard InChI is InChI=1S/C16H16N2O2/c19-16(15-8-4-5-10-17-15)18(14-9-11-20-12-14)13-6-2-1-3-7-13/h1-8,10,14H,9,11-12H2. The van der Waals surface area contributed by atoms with Crippen molar-refractivity contribution in [2.45, 2.75) is 12.5 Å². The predicted octanol–water partition coefficient (Wildman–Crippen LogP) is 2.52. The van der Waals surface area contributed by atoms with Gasteiger partial charge in [0.1, 0.15) is 5.69 Å². The van der Waals surface area contributed by atoms with Gasteiger partial charge >= 0.3 is 0 Å². The van der Waals surface area contributed by atoms with E-state index in [1.165, 1.54) is 0 Å². The van der Waals surface area contributed by atoms with Crippen molar-refractivity contribution in [3.8, 4) is 0 Å². The normalized spacial score (nSPS) is 17.9. The number of amides is 1. The Morgan fingerprint density at radius 1 is 1.15 bits per heavy atom. The highest BCUT2D eigenvalue weighted by atomic mass is 16.5. The minimum atomic E-state index is -0.0766. The molecule has 2 aromatic rings. The number of hydrogen-bond donors (Lipinski definition) is 0. The predicted molar refractivity (Wildman–Crippen MR) is 76.7 cm³/mol. The summed E-state index contributed by atoms with van der Waals surface area (Å²) in [6.07, 6.45) is 2.50. The maximum atomic E-state index is 12.7. The van der Waals surface area contributed by atoms with Gasteiger partial charge in [-0.3, -0.25) is 9.78 Å². The van der Waals surface area contributed by atoms with Crippen LogP contribution in [0, 0.1) is 0 Å². The molecule has 3 rings (SSSR count). The zero-order valence-electron chi connectivity index (χ0n) is 11.1. The fourth-order valence-electron chi connectivity index (χ4n) is 2.42. The van der Waals surface area contributed by atoms with Crippen molar-refractivity contribution < 1.29 is 9.53 Å². The molecule has 1 amide bonds. The molecule has 4 heteroatoms. The monoisotopic (exact) mass is 268 g/mol. The van der Waals surface area contributed by atoms with Crippen LogP contribution in [0.15, 0.2) is 54.7 Å². The average molecular weight is 268 g/mol. The van der Waals surface area contributed by atoms with Gasteiger partial charge in [-0.05, 0) is 30.7 Å². The molecule has 0 saturated carbocycles. The second kappa shape index (κ2) is 5.84. The Kier molecular flexibility index (Phi) is 3.74. The summed E-state index contributed by atoms with van der Waals surface area (Å²) < 4.78 is 5.43. The molecule has 1 aliphatic heterocycles. The lowest BCUT2D eigenvalue weighted by atomic mass is 10.1. The number of hydrogen-bond acceptors (Lipinski definition) is 3. The van der Waals surface area contributed by atoms with Crippen LogP contribution in [0.2, 0.25) is 0 Å². The Morgan fingerprint density at radius 2 is 1.95 bits per heavy atom. The highest BCUT2D eigenvalue weighted by molar-refractivity contribution is 6.05. The fraction of sp³-hybridized carbons (Fsp3) is 0.250. The molecular weight excluding hydrogens is 252 g/mol. The lowest BCUT2D eigenvalue weighted by Crippen LogP contribution is -2.41. The summed E-state index contributed by atoms with van der Waals surface area (Å²) in [5.74, 6) is -0.0766. The lowest BCUT2D eigenvalue weighted by Gasteiger charge is -2.27. The topological polar surface area (TPSA) is 42.4 Å². The second-order valence-electron chi connectivity index (χ2n) is 4.74. The first kappa shape index (κ1) is 12.8. The largest absolute Gasteiger partial charge is 0.379 e. The van der Waals surface area contributed by atoms with Crippen molar-refractivity contribution in [1.82, 2.24) is 4.98 Å². The van der Waals surface area contributed by atoms with Gasteiger partial charge in [0.2, 0.25) is 0 Å². The number of ether oxygens (including phenoxy) is 1. The Balaban J connectivity index is 1.95. The number of anilines is 1. The average Bonchev–Trinajstić information content (AvgIpc) is 3.03. The molecule has 1 atom stereocenters. The Labute approximate surface area is 118 Å². The molecule has 4 nitrogen and oxygen atoms in total. The zero-order chi connectivity index (χ0) is 13.8. The number of rotatable bonds is 3. The molecule has 1 saturated heterocycles. The first-order valence-corrected chi connectivity index (χ1v) is 6.73. The Hall–Kier alpha value is -2.20. The maximum Gasteiger partial charge on any atom is 0.277 e. The molecule has 0 aliphatic carbocycles. The highest BCUT2D eigenvalue weighted by Crippen LogP contribution is 2.23. The summed E-state index contributed by atoms with van der Waals surface area (Å²) in [5.41, 5.74) is 1.35. The molecule has 2 heterocycles. The van der Waals surface area contributed by atoms with Gasteiger partial charge in [0.05, 0.1) is 12.6 Å². The molecule has 1 aliphatic rings.